The molecule has 66 valence electrons. The minimum Gasteiger partial charge on any atom is -0.344 e. The van der Waals surface area contributed by atoms with E-state index in [4.69, 9.17) is 19.2 Å². The first-order chi connectivity index (χ1) is 4.50. The maximum atomic E-state index is 8.88. The number of hydrogen-bond acceptors (Lipinski definition) is 3. The zero-order chi connectivity index (χ0) is 8.04. The van der Waals surface area contributed by atoms with Crippen LogP contribution in [0.25, 0.3) is 0 Å². The molecule has 1 aromatic rings. The van der Waals surface area contributed by atoms with Crippen LogP contribution in [-0.2, 0) is 4.57 Å². The first-order valence-corrected chi connectivity index (χ1v) is 3.78. The smallest absolute Gasteiger partial charge is 0.344 e. The van der Waals surface area contributed by atoms with Crippen molar-refractivity contribution < 1.29 is 19.2 Å². The Labute approximate surface area is 62.9 Å². The van der Waals surface area contributed by atoms with Crippen LogP contribution >= 0.6 is 7.82 Å². The number of H-pyrrole nitrogens is 1. The summed E-state index contributed by atoms with van der Waals surface area (Å²) in [7, 11) is -4.64. The van der Waals surface area contributed by atoms with Gasteiger partial charge in [-0.25, -0.2) is 4.57 Å². The van der Waals surface area contributed by atoms with Gasteiger partial charge in [-0.15, -0.1) is 0 Å². The van der Waals surface area contributed by atoms with Crippen LogP contribution in [0.3, 0.4) is 0 Å². The molecule has 0 atom stereocenters. The highest BCUT2D eigenvalue weighted by Gasteiger charge is 2.00. The van der Waals surface area contributed by atoms with Gasteiger partial charge in [-0.2, -0.15) is 5.10 Å². The van der Waals surface area contributed by atoms with E-state index in [9.17, 15) is 0 Å². The zero-order valence-electron chi connectivity index (χ0n) is 5.58. The quantitative estimate of drug-likeness (QED) is 0.348. The molecule has 0 radical (unpaired) electrons. The third-order valence-electron chi connectivity index (χ3n) is 0.406. The number of rotatable bonds is 0. The molecule has 0 aliphatic heterocycles. The zero-order valence-corrected chi connectivity index (χ0v) is 6.48. The molecule has 1 heterocycles. The normalized spacial score (nSPS) is 9.00. The highest BCUT2D eigenvalue weighted by molar-refractivity contribution is 7.45. The monoisotopic (exact) mass is 183 g/mol. The Morgan fingerprint density at radius 3 is 1.91 bits per heavy atom. The molecule has 0 unspecified atom stereocenters. The van der Waals surface area contributed by atoms with Crippen LogP contribution in [0.2, 0.25) is 0 Å². The molecule has 0 fully saturated rings. The van der Waals surface area contributed by atoms with Crippen LogP contribution in [0.5, 0.6) is 0 Å². The second-order valence-corrected chi connectivity index (χ2v) is 2.31. The average molecular weight is 183 g/mol. The fourth-order valence-electron chi connectivity index (χ4n) is 0.215. The number of aromatic amines is 1. The van der Waals surface area contributed by atoms with Crippen molar-refractivity contribution in [1.82, 2.24) is 16.3 Å². The topological polar surface area (TPSA) is 141 Å². The van der Waals surface area contributed by atoms with Gasteiger partial charge < -0.3 is 20.8 Å². The van der Waals surface area contributed by atoms with Crippen molar-refractivity contribution in [1.29, 1.82) is 0 Å². The molecule has 1 rings (SSSR count). The van der Waals surface area contributed by atoms with Gasteiger partial charge in [0.05, 0.1) is 0 Å². The summed E-state index contributed by atoms with van der Waals surface area (Å²) in [5.41, 5.74) is 0. The van der Waals surface area contributed by atoms with E-state index in [2.05, 4.69) is 10.2 Å². The SMILES string of the molecule is N.O=P(O)(O)O.c1cn[nH]c1. The minimum absolute atomic E-state index is 0. The van der Waals surface area contributed by atoms with Crippen molar-refractivity contribution in [3.8, 4) is 0 Å². The molecular weight excluding hydrogens is 173 g/mol. The van der Waals surface area contributed by atoms with Crippen LogP contribution in [0.15, 0.2) is 18.5 Å². The van der Waals surface area contributed by atoms with Crippen molar-refractivity contribution in [3.63, 3.8) is 0 Å². The van der Waals surface area contributed by atoms with Crippen LogP contribution in [-0.4, -0.2) is 24.9 Å². The van der Waals surface area contributed by atoms with Gasteiger partial charge in [-0.1, -0.05) is 0 Å². The summed E-state index contributed by atoms with van der Waals surface area (Å²) < 4.78 is 8.88. The molecule has 0 aliphatic rings. The fourth-order valence-corrected chi connectivity index (χ4v) is 0.215. The van der Waals surface area contributed by atoms with E-state index in [1.165, 1.54) is 0 Å². The summed E-state index contributed by atoms with van der Waals surface area (Å²) in [5.74, 6) is 0. The first-order valence-electron chi connectivity index (χ1n) is 2.22. The number of nitrogens with zero attached hydrogens (tertiary/aromatic N) is 1. The molecule has 0 spiro atoms. The number of aromatic nitrogens is 2. The molecule has 7 N–H and O–H groups in total. The Balaban J connectivity index is 0. The van der Waals surface area contributed by atoms with E-state index in [1.54, 1.807) is 12.4 Å². The highest BCUT2D eigenvalue weighted by atomic mass is 31.2. The summed E-state index contributed by atoms with van der Waals surface area (Å²) >= 11 is 0. The summed E-state index contributed by atoms with van der Waals surface area (Å²) in [6.45, 7) is 0. The standard InChI is InChI=1S/C3H4N2.H3N.H3O4P/c1-2-4-5-3-1;;1-5(2,3)4/h1-3H,(H,4,5);1H3;(H3,1,2,3,4). The van der Waals surface area contributed by atoms with Gasteiger partial charge in [0.1, 0.15) is 0 Å². The van der Waals surface area contributed by atoms with Crippen LogP contribution in [0, 0.1) is 0 Å². The Kier molecular flexibility index (Phi) is 7.07. The maximum absolute atomic E-state index is 8.88. The Morgan fingerprint density at radius 1 is 1.36 bits per heavy atom. The van der Waals surface area contributed by atoms with E-state index in [0.717, 1.165) is 0 Å². The lowest BCUT2D eigenvalue weighted by molar-refractivity contribution is 0.275. The molecule has 0 aliphatic carbocycles. The average Bonchev–Trinajstić information content (AvgIpc) is 2.07. The van der Waals surface area contributed by atoms with E-state index in [-0.39, 0.29) is 6.15 Å². The largest absolute Gasteiger partial charge is 0.466 e. The van der Waals surface area contributed by atoms with Gasteiger partial charge in [0.15, 0.2) is 0 Å². The van der Waals surface area contributed by atoms with Crippen LogP contribution < -0.4 is 6.15 Å². The van der Waals surface area contributed by atoms with Crippen molar-refractivity contribution in [2.24, 2.45) is 0 Å². The fraction of sp³-hybridized carbons (Fsp3) is 0. The molecular formula is C3H10N3O4P. The Hall–Kier alpha value is -0.720. The molecule has 7 nitrogen and oxygen atoms in total. The van der Waals surface area contributed by atoms with Crippen molar-refractivity contribution in [2.45, 2.75) is 0 Å². The molecule has 8 heteroatoms. The van der Waals surface area contributed by atoms with E-state index >= 15 is 0 Å². The molecule has 1 aromatic heterocycles. The molecule has 0 aromatic carbocycles. The lowest BCUT2D eigenvalue weighted by Gasteiger charge is -1.82. The predicted octanol–water partition coefficient (Wildman–Crippen LogP) is -0.357. The second kappa shape index (κ2) is 6.02. The Morgan fingerprint density at radius 2 is 1.82 bits per heavy atom. The Bertz CT molecular complexity index is 169. The van der Waals surface area contributed by atoms with Gasteiger partial charge in [0.25, 0.3) is 0 Å². The highest BCUT2D eigenvalue weighted by Crippen LogP contribution is 2.25. The van der Waals surface area contributed by atoms with Crippen molar-refractivity contribution in [2.75, 3.05) is 0 Å². The number of nitrogens with one attached hydrogen (secondary N) is 1. The van der Waals surface area contributed by atoms with Crippen molar-refractivity contribution >= 4 is 7.82 Å². The third-order valence-corrected chi connectivity index (χ3v) is 0.406. The summed E-state index contributed by atoms with van der Waals surface area (Å²) in [6.07, 6.45) is 3.46. The molecule has 0 amide bonds. The van der Waals surface area contributed by atoms with E-state index < -0.39 is 7.82 Å². The summed E-state index contributed by atoms with van der Waals surface area (Å²) in [6, 6.07) is 1.83. The minimum atomic E-state index is -4.64. The molecule has 0 saturated heterocycles. The number of phosphoric acid groups is 1. The summed E-state index contributed by atoms with van der Waals surface area (Å²) in [5, 5.41) is 6.21. The van der Waals surface area contributed by atoms with Gasteiger partial charge in [0.2, 0.25) is 0 Å². The lowest BCUT2D eigenvalue weighted by atomic mass is 10.8. The predicted molar refractivity (Wildman–Crippen MR) is 37.9 cm³/mol. The first kappa shape index (κ1) is 12.9. The second-order valence-electron chi connectivity index (χ2n) is 1.28. The van der Waals surface area contributed by atoms with Crippen LogP contribution in [0.4, 0.5) is 0 Å². The van der Waals surface area contributed by atoms with E-state index in [0.29, 0.717) is 0 Å². The maximum Gasteiger partial charge on any atom is 0.466 e. The van der Waals surface area contributed by atoms with Crippen LogP contribution in [0.1, 0.15) is 0 Å². The van der Waals surface area contributed by atoms with Gasteiger partial charge in [0, 0.05) is 12.4 Å². The van der Waals surface area contributed by atoms with Gasteiger partial charge in [-0.05, 0) is 6.07 Å². The van der Waals surface area contributed by atoms with Crippen molar-refractivity contribution in [3.05, 3.63) is 18.5 Å². The lowest BCUT2D eigenvalue weighted by Crippen LogP contribution is -1.66. The van der Waals surface area contributed by atoms with Gasteiger partial charge in [-0.3, -0.25) is 5.10 Å². The summed E-state index contributed by atoms with van der Waals surface area (Å²) in [4.78, 5) is 21.6. The molecule has 11 heavy (non-hydrogen) atoms. The third kappa shape index (κ3) is 26.8. The number of hydrogen-bond donors (Lipinski definition) is 5. The molecule has 0 saturated carbocycles. The molecule has 0 bridgehead atoms. The van der Waals surface area contributed by atoms with E-state index in [1.807, 2.05) is 6.07 Å². The van der Waals surface area contributed by atoms with Gasteiger partial charge >= 0.3 is 7.82 Å².